The first kappa shape index (κ1) is 24.5. The molecule has 1 amide bonds. The number of nitrogens with zero attached hydrogens (tertiary/aromatic N) is 3. The highest BCUT2D eigenvalue weighted by Gasteiger charge is 2.28. The Balaban J connectivity index is 1.51. The number of hydrogen-bond acceptors (Lipinski definition) is 4. The topological polar surface area (TPSA) is 84.3 Å². The molecule has 3 aromatic carbocycles. The van der Waals surface area contributed by atoms with Crippen LogP contribution >= 0.6 is 11.6 Å². The summed E-state index contributed by atoms with van der Waals surface area (Å²) in [6.07, 6.45) is 3.61. The number of aryl methyl sites for hydroxylation is 2. The van der Waals surface area contributed by atoms with Crippen molar-refractivity contribution in [2.75, 3.05) is 10.8 Å². The molecule has 1 heterocycles. The molecule has 0 aliphatic carbocycles. The number of hydrogen-bond donors (Lipinski definition) is 1. The molecule has 1 N–H and O–H groups in total. The minimum Gasteiger partial charge on any atom is -0.350 e. The van der Waals surface area contributed by atoms with Gasteiger partial charge in [-0.05, 0) is 55.8 Å². The van der Waals surface area contributed by atoms with E-state index in [4.69, 9.17) is 11.6 Å². The standard InChI is InChI=1S/C26H25ClN4O3S/c1-19-7-13-23(14-8-19)35(33,34)31(25-6-4-3-5-24(25)27)18-26(32)29-17-21-9-11-22(12-10-21)30-16-15-28-20(30)2/h3-16H,17-18H2,1-2H3,(H,29,32). The maximum Gasteiger partial charge on any atom is 0.264 e. The summed E-state index contributed by atoms with van der Waals surface area (Å²) in [6.45, 7) is 3.64. The van der Waals surface area contributed by atoms with Crippen LogP contribution in [0.2, 0.25) is 5.02 Å². The first-order chi connectivity index (χ1) is 16.8. The minimum atomic E-state index is -4.03. The fraction of sp³-hybridized carbons (Fsp3) is 0.154. The van der Waals surface area contributed by atoms with Crippen LogP contribution in [0.3, 0.4) is 0 Å². The van der Waals surface area contributed by atoms with Gasteiger partial charge in [-0.15, -0.1) is 0 Å². The van der Waals surface area contributed by atoms with Gasteiger partial charge in [-0.1, -0.05) is 53.6 Å². The van der Waals surface area contributed by atoms with Gasteiger partial charge in [0, 0.05) is 24.6 Å². The molecular weight excluding hydrogens is 484 g/mol. The quantitative estimate of drug-likeness (QED) is 0.375. The fourth-order valence-corrected chi connectivity index (χ4v) is 5.33. The van der Waals surface area contributed by atoms with E-state index < -0.39 is 22.5 Å². The summed E-state index contributed by atoms with van der Waals surface area (Å²) >= 11 is 6.32. The Labute approximate surface area is 210 Å². The van der Waals surface area contributed by atoms with Crippen LogP contribution in [0.4, 0.5) is 5.69 Å². The predicted molar refractivity (Wildman–Crippen MR) is 137 cm³/mol. The van der Waals surface area contributed by atoms with Crippen molar-refractivity contribution in [2.24, 2.45) is 0 Å². The Morgan fingerprint density at radius 2 is 1.69 bits per heavy atom. The van der Waals surface area contributed by atoms with Crippen molar-refractivity contribution in [1.29, 1.82) is 0 Å². The van der Waals surface area contributed by atoms with Crippen LogP contribution in [0.25, 0.3) is 5.69 Å². The van der Waals surface area contributed by atoms with Crippen LogP contribution in [0.15, 0.2) is 90.1 Å². The number of aromatic nitrogens is 2. The van der Waals surface area contributed by atoms with E-state index in [-0.39, 0.29) is 22.2 Å². The van der Waals surface area contributed by atoms with Crippen LogP contribution in [-0.4, -0.2) is 30.4 Å². The Kier molecular flexibility index (Phi) is 7.23. The average Bonchev–Trinajstić information content (AvgIpc) is 3.28. The van der Waals surface area contributed by atoms with Crippen molar-refractivity contribution >= 4 is 33.2 Å². The van der Waals surface area contributed by atoms with Crippen molar-refractivity contribution in [2.45, 2.75) is 25.3 Å². The largest absolute Gasteiger partial charge is 0.350 e. The van der Waals surface area contributed by atoms with E-state index in [0.29, 0.717) is 0 Å². The molecule has 1 aromatic heterocycles. The highest BCUT2D eigenvalue weighted by molar-refractivity contribution is 7.92. The van der Waals surface area contributed by atoms with Crippen LogP contribution in [0, 0.1) is 13.8 Å². The zero-order valence-corrected chi connectivity index (χ0v) is 20.9. The van der Waals surface area contributed by atoms with E-state index >= 15 is 0 Å². The third-order valence-electron chi connectivity index (χ3n) is 5.55. The number of sulfonamides is 1. The van der Waals surface area contributed by atoms with Gasteiger partial charge in [0.2, 0.25) is 5.91 Å². The van der Waals surface area contributed by atoms with Gasteiger partial charge >= 0.3 is 0 Å². The molecule has 0 fully saturated rings. The lowest BCUT2D eigenvalue weighted by Crippen LogP contribution is -2.40. The Hall–Kier alpha value is -3.62. The van der Waals surface area contributed by atoms with E-state index in [1.807, 2.05) is 48.9 Å². The van der Waals surface area contributed by atoms with Gasteiger partial charge in [-0.25, -0.2) is 13.4 Å². The van der Waals surface area contributed by atoms with Crippen molar-refractivity contribution in [1.82, 2.24) is 14.9 Å². The SMILES string of the molecule is Cc1ccc(S(=O)(=O)N(CC(=O)NCc2ccc(-n3ccnc3C)cc2)c2ccccc2Cl)cc1. The molecule has 0 saturated heterocycles. The van der Waals surface area contributed by atoms with E-state index in [2.05, 4.69) is 10.3 Å². The van der Waals surface area contributed by atoms with Gasteiger partial charge in [0.1, 0.15) is 12.4 Å². The molecular formula is C26H25ClN4O3S. The second kappa shape index (κ2) is 10.3. The number of amides is 1. The van der Waals surface area contributed by atoms with Gasteiger partial charge in [0.15, 0.2) is 0 Å². The molecule has 35 heavy (non-hydrogen) atoms. The molecule has 9 heteroatoms. The maximum absolute atomic E-state index is 13.5. The van der Waals surface area contributed by atoms with E-state index in [1.54, 1.807) is 42.6 Å². The molecule has 0 aliphatic heterocycles. The summed E-state index contributed by atoms with van der Waals surface area (Å²) in [5.74, 6) is 0.427. The summed E-state index contributed by atoms with van der Waals surface area (Å²) < 4.78 is 29.9. The second-order valence-corrected chi connectivity index (χ2v) is 10.3. The number of rotatable bonds is 8. The third kappa shape index (κ3) is 5.55. The molecule has 0 radical (unpaired) electrons. The summed E-state index contributed by atoms with van der Waals surface area (Å²) in [4.78, 5) is 17.2. The number of anilines is 1. The monoisotopic (exact) mass is 508 g/mol. The molecule has 0 bridgehead atoms. The first-order valence-electron chi connectivity index (χ1n) is 11.0. The molecule has 180 valence electrons. The van der Waals surface area contributed by atoms with Crippen LogP contribution in [0.1, 0.15) is 17.0 Å². The summed E-state index contributed by atoms with van der Waals surface area (Å²) in [5, 5.41) is 3.05. The van der Waals surface area contributed by atoms with Crippen LogP contribution in [-0.2, 0) is 21.4 Å². The zero-order valence-electron chi connectivity index (χ0n) is 19.3. The number of carbonyl (C=O) groups is 1. The Bertz CT molecular complexity index is 1430. The first-order valence-corrected chi connectivity index (χ1v) is 12.8. The molecule has 0 atom stereocenters. The van der Waals surface area contributed by atoms with Crippen LogP contribution < -0.4 is 9.62 Å². The van der Waals surface area contributed by atoms with E-state index in [1.165, 1.54) is 12.1 Å². The number of benzene rings is 3. The molecule has 7 nitrogen and oxygen atoms in total. The maximum atomic E-state index is 13.5. The van der Waals surface area contributed by atoms with E-state index in [0.717, 1.165) is 26.9 Å². The fourth-order valence-electron chi connectivity index (χ4n) is 3.60. The highest BCUT2D eigenvalue weighted by atomic mass is 35.5. The summed E-state index contributed by atoms with van der Waals surface area (Å²) in [7, 11) is -4.03. The van der Waals surface area contributed by atoms with Gasteiger partial charge in [0.05, 0.1) is 15.6 Å². The van der Waals surface area contributed by atoms with Crippen LogP contribution in [0.5, 0.6) is 0 Å². The molecule has 4 rings (SSSR count). The summed E-state index contributed by atoms with van der Waals surface area (Å²) in [6, 6.07) is 20.7. The second-order valence-electron chi connectivity index (χ2n) is 8.06. The normalized spacial score (nSPS) is 11.3. The number of para-hydroxylation sites is 1. The van der Waals surface area contributed by atoms with Gasteiger partial charge in [-0.3, -0.25) is 9.10 Å². The minimum absolute atomic E-state index is 0.0844. The molecule has 0 aliphatic rings. The smallest absolute Gasteiger partial charge is 0.264 e. The van der Waals surface area contributed by atoms with Gasteiger partial charge in [-0.2, -0.15) is 0 Å². The number of carbonyl (C=O) groups excluding carboxylic acids is 1. The highest BCUT2D eigenvalue weighted by Crippen LogP contribution is 2.30. The lowest BCUT2D eigenvalue weighted by molar-refractivity contribution is -0.119. The Morgan fingerprint density at radius 3 is 2.31 bits per heavy atom. The lowest BCUT2D eigenvalue weighted by atomic mass is 10.2. The lowest BCUT2D eigenvalue weighted by Gasteiger charge is -2.25. The van der Waals surface area contributed by atoms with Crippen molar-refractivity contribution in [3.63, 3.8) is 0 Å². The number of imidazole rings is 1. The van der Waals surface area contributed by atoms with Gasteiger partial charge < -0.3 is 9.88 Å². The molecule has 0 unspecified atom stereocenters. The average molecular weight is 509 g/mol. The number of halogens is 1. The zero-order chi connectivity index (χ0) is 25.0. The number of nitrogens with one attached hydrogen (secondary N) is 1. The Morgan fingerprint density at radius 1 is 1.00 bits per heavy atom. The predicted octanol–water partition coefficient (Wildman–Crippen LogP) is 4.65. The van der Waals surface area contributed by atoms with Crippen molar-refractivity contribution in [3.8, 4) is 5.69 Å². The van der Waals surface area contributed by atoms with E-state index in [9.17, 15) is 13.2 Å². The molecule has 0 saturated carbocycles. The summed E-state index contributed by atoms with van der Waals surface area (Å²) in [5.41, 5.74) is 3.01. The molecule has 0 spiro atoms. The van der Waals surface area contributed by atoms with Gasteiger partial charge in [0.25, 0.3) is 10.0 Å². The third-order valence-corrected chi connectivity index (χ3v) is 7.64. The van der Waals surface area contributed by atoms with Crippen molar-refractivity contribution < 1.29 is 13.2 Å². The van der Waals surface area contributed by atoms with Crippen molar-refractivity contribution in [3.05, 3.63) is 107 Å². The molecule has 4 aromatic rings.